The maximum absolute atomic E-state index is 12.2. The van der Waals surface area contributed by atoms with Crippen molar-refractivity contribution in [3.05, 3.63) is 29.8 Å². The fourth-order valence-corrected chi connectivity index (χ4v) is 2.36. The van der Waals surface area contributed by atoms with Crippen LogP contribution in [0.1, 0.15) is 46.2 Å². The number of hydrogen-bond acceptors (Lipinski definition) is 4. The molecule has 0 aliphatic carbocycles. The van der Waals surface area contributed by atoms with E-state index in [9.17, 15) is 9.59 Å². The Bertz CT molecular complexity index is 534. The van der Waals surface area contributed by atoms with Gasteiger partial charge in [0.05, 0.1) is 13.2 Å². The number of para-hydroxylation sites is 1. The summed E-state index contributed by atoms with van der Waals surface area (Å²) in [4.78, 5) is 23.8. The van der Waals surface area contributed by atoms with Crippen molar-refractivity contribution in [2.75, 3.05) is 7.11 Å². The topological polar surface area (TPSA) is 64.6 Å². The summed E-state index contributed by atoms with van der Waals surface area (Å²) in [5.74, 6) is 0.289. The van der Waals surface area contributed by atoms with Crippen LogP contribution in [-0.2, 0) is 9.53 Å². The molecule has 1 aromatic rings. The number of hydrogen-bond donors (Lipinski definition) is 1. The summed E-state index contributed by atoms with van der Waals surface area (Å²) in [5.41, 5.74) is 0.149. The van der Waals surface area contributed by atoms with Gasteiger partial charge >= 0.3 is 6.09 Å². The Labute approximate surface area is 138 Å². The number of carbonyl (C=O) groups excluding carboxylic acids is 2. The van der Waals surface area contributed by atoms with Crippen molar-refractivity contribution in [1.29, 1.82) is 0 Å². The van der Waals surface area contributed by atoms with Gasteiger partial charge in [-0.15, -0.1) is 0 Å². The van der Waals surface area contributed by atoms with E-state index in [1.54, 1.807) is 33.9 Å². The molecule has 1 amide bonds. The zero-order valence-electron chi connectivity index (χ0n) is 14.8. The third-order valence-electron chi connectivity index (χ3n) is 3.46. The average Bonchev–Trinajstić information content (AvgIpc) is 2.44. The molecule has 5 nitrogen and oxygen atoms in total. The average molecular weight is 321 g/mol. The summed E-state index contributed by atoms with van der Waals surface area (Å²) in [6.45, 7) is 9.27. The van der Waals surface area contributed by atoms with Gasteiger partial charge < -0.3 is 19.6 Å². The number of aldehydes is 1. The standard InChI is InChI=1S/C18H27NO4/c1-12(2)14(11-20)16(19-17(21)23-18(3,4)5)13-9-7-8-10-15(13)22-6/h7-12,14,16H,1-6H3,(H,19,21)/t14-,16-/m1/s1. The van der Waals surface area contributed by atoms with Crippen LogP contribution in [0.2, 0.25) is 0 Å². The molecule has 1 aromatic carbocycles. The number of ether oxygens (including phenoxy) is 2. The van der Waals surface area contributed by atoms with E-state index in [-0.39, 0.29) is 11.8 Å². The Hall–Kier alpha value is -2.04. The van der Waals surface area contributed by atoms with Crippen molar-refractivity contribution in [2.24, 2.45) is 11.8 Å². The predicted octanol–water partition coefficient (Wildman–Crippen LogP) is 3.73. The van der Waals surface area contributed by atoms with Gasteiger partial charge in [0.1, 0.15) is 17.6 Å². The first-order valence-electron chi connectivity index (χ1n) is 7.77. The van der Waals surface area contributed by atoms with Gasteiger partial charge in [0.25, 0.3) is 0 Å². The lowest BCUT2D eigenvalue weighted by atomic mass is 9.85. The van der Waals surface area contributed by atoms with Crippen LogP contribution in [0.15, 0.2) is 24.3 Å². The molecule has 0 fully saturated rings. The fraction of sp³-hybridized carbons (Fsp3) is 0.556. The molecule has 0 aromatic heterocycles. The van der Waals surface area contributed by atoms with Crippen LogP contribution in [0.5, 0.6) is 5.75 Å². The van der Waals surface area contributed by atoms with Gasteiger partial charge in [0.15, 0.2) is 0 Å². The second-order valence-corrected chi connectivity index (χ2v) is 6.82. The molecule has 0 saturated carbocycles. The van der Waals surface area contributed by atoms with E-state index < -0.39 is 17.7 Å². The van der Waals surface area contributed by atoms with E-state index in [2.05, 4.69) is 5.32 Å². The van der Waals surface area contributed by atoms with Crippen molar-refractivity contribution >= 4 is 12.4 Å². The third kappa shape index (κ3) is 5.58. The van der Waals surface area contributed by atoms with Gasteiger partial charge in [-0.2, -0.15) is 0 Å². The van der Waals surface area contributed by atoms with E-state index in [0.29, 0.717) is 5.75 Å². The highest BCUT2D eigenvalue weighted by Crippen LogP contribution is 2.33. The summed E-state index contributed by atoms with van der Waals surface area (Å²) >= 11 is 0. The zero-order chi connectivity index (χ0) is 17.6. The van der Waals surface area contributed by atoms with Gasteiger partial charge in [-0.25, -0.2) is 4.79 Å². The molecule has 0 heterocycles. The molecule has 0 aliphatic rings. The summed E-state index contributed by atoms with van der Waals surface area (Å²) < 4.78 is 10.7. The highest BCUT2D eigenvalue weighted by atomic mass is 16.6. The van der Waals surface area contributed by atoms with Crippen LogP contribution >= 0.6 is 0 Å². The lowest BCUT2D eigenvalue weighted by Crippen LogP contribution is -2.39. The molecule has 23 heavy (non-hydrogen) atoms. The number of benzene rings is 1. The first-order chi connectivity index (χ1) is 10.7. The van der Waals surface area contributed by atoms with Gasteiger partial charge in [-0.1, -0.05) is 32.0 Å². The Morgan fingerprint density at radius 2 is 1.83 bits per heavy atom. The minimum absolute atomic E-state index is 0.0531. The molecule has 0 radical (unpaired) electrons. The maximum atomic E-state index is 12.2. The molecule has 0 unspecified atom stereocenters. The number of nitrogens with one attached hydrogen (secondary N) is 1. The highest BCUT2D eigenvalue weighted by Gasteiger charge is 2.31. The SMILES string of the molecule is COc1ccccc1[C@@H](NC(=O)OC(C)(C)C)[C@H](C=O)C(C)C. The largest absolute Gasteiger partial charge is 0.496 e. The van der Waals surface area contributed by atoms with Gasteiger partial charge in [0.2, 0.25) is 0 Å². The fourth-order valence-electron chi connectivity index (χ4n) is 2.36. The normalized spacial score (nSPS) is 14.0. The lowest BCUT2D eigenvalue weighted by Gasteiger charge is -2.29. The highest BCUT2D eigenvalue weighted by molar-refractivity contribution is 5.70. The lowest BCUT2D eigenvalue weighted by molar-refractivity contribution is -0.113. The van der Waals surface area contributed by atoms with E-state index in [1.807, 2.05) is 32.0 Å². The molecule has 1 rings (SSSR count). The van der Waals surface area contributed by atoms with Crippen molar-refractivity contribution in [3.8, 4) is 5.75 Å². The van der Waals surface area contributed by atoms with Crippen LogP contribution in [0.25, 0.3) is 0 Å². The Balaban J connectivity index is 3.17. The summed E-state index contributed by atoms with van der Waals surface area (Å²) in [6, 6.07) is 6.83. The van der Waals surface area contributed by atoms with Gasteiger partial charge in [-0.05, 0) is 32.8 Å². The van der Waals surface area contributed by atoms with E-state index in [0.717, 1.165) is 11.8 Å². The van der Waals surface area contributed by atoms with E-state index in [4.69, 9.17) is 9.47 Å². The number of rotatable bonds is 6. The molecular weight excluding hydrogens is 294 g/mol. The molecular formula is C18H27NO4. The van der Waals surface area contributed by atoms with Crippen LogP contribution in [0, 0.1) is 11.8 Å². The van der Waals surface area contributed by atoms with Gasteiger partial charge in [-0.3, -0.25) is 0 Å². The summed E-state index contributed by atoms with van der Waals surface area (Å²) in [5, 5.41) is 2.82. The minimum Gasteiger partial charge on any atom is -0.496 e. The predicted molar refractivity (Wildman–Crippen MR) is 89.5 cm³/mol. The second kappa shape index (κ2) is 7.99. The first-order valence-corrected chi connectivity index (χ1v) is 7.77. The Kier molecular flexibility index (Phi) is 6.61. The molecule has 5 heteroatoms. The van der Waals surface area contributed by atoms with Crippen molar-refractivity contribution in [3.63, 3.8) is 0 Å². The van der Waals surface area contributed by atoms with Crippen molar-refractivity contribution in [2.45, 2.75) is 46.3 Å². The van der Waals surface area contributed by atoms with Crippen molar-refractivity contribution < 1.29 is 19.1 Å². The monoisotopic (exact) mass is 321 g/mol. The smallest absolute Gasteiger partial charge is 0.408 e. The summed E-state index contributed by atoms with van der Waals surface area (Å²) in [6.07, 6.45) is 0.319. The third-order valence-corrected chi connectivity index (χ3v) is 3.46. The van der Waals surface area contributed by atoms with E-state index >= 15 is 0 Å². The minimum atomic E-state index is -0.607. The second-order valence-electron chi connectivity index (χ2n) is 6.82. The number of methoxy groups -OCH3 is 1. The number of carbonyl (C=O) groups is 2. The van der Waals surface area contributed by atoms with Crippen LogP contribution < -0.4 is 10.1 Å². The quantitative estimate of drug-likeness (QED) is 0.811. The Morgan fingerprint density at radius 3 is 2.30 bits per heavy atom. The number of alkyl carbamates (subject to hydrolysis) is 1. The molecule has 0 spiro atoms. The molecule has 0 bridgehead atoms. The Morgan fingerprint density at radius 1 is 1.22 bits per heavy atom. The molecule has 1 N–H and O–H groups in total. The summed E-state index contributed by atoms with van der Waals surface area (Å²) in [7, 11) is 1.56. The van der Waals surface area contributed by atoms with Crippen LogP contribution in [-0.4, -0.2) is 25.1 Å². The maximum Gasteiger partial charge on any atom is 0.408 e. The molecule has 2 atom stereocenters. The van der Waals surface area contributed by atoms with Crippen LogP contribution in [0.3, 0.4) is 0 Å². The number of amides is 1. The van der Waals surface area contributed by atoms with Crippen molar-refractivity contribution in [1.82, 2.24) is 5.32 Å². The molecule has 128 valence electrons. The zero-order valence-corrected chi connectivity index (χ0v) is 14.8. The molecule has 0 aliphatic heterocycles. The first kappa shape index (κ1) is 19.0. The van der Waals surface area contributed by atoms with E-state index in [1.165, 1.54) is 0 Å². The van der Waals surface area contributed by atoms with Gasteiger partial charge in [0, 0.05) is 11.5 Å². The molecule has 0 saturated heterocycles. The van der Waals surface area contributed by atoms with Crippen LogP contribution in [0.4, 0.5) is 4.79 Å².